The molecule has 7 nitrogen and oxygen atoms in total. The van der Waals surface area contributed by atoms with Crippen LogP contribution in [-0.4, -0.2) is 52.6 Å². The van der Waals surface area contributed by atoms with E-state index in [2.05, 4.69) is 46.4 Å². The number of anilines is 1. The highest BCUT2D eigenvalue weighted by Crippen LogP contribution is 2.18. The van der Waals surface area contributed by atoms with Crippen molar-refractivity contribution < 1.29 is 9.47 Å². The molecule has 24 heavy (non-hydrogen) atoms. The largest absolute Gasteiger partial charge is 0.497 e. The van der Waals surface area contributed by atoms with E-state index in [9.17, 15) is 0 Å². The van der Waals surface area contributed by atoms with Crippen LogP contribution in [0.5, 0.6) is 5.75 Å². The molecule has 0 N–H and O–H groups in total. The Labute approximate surface area is 142 Å². The summed E-state index contributed by atoms with van der Waals surface area (Å²) in [6, 6.07) is 8.11. The predicted octanol–water partition coefficient (Wildman–Crippen LogP) is 1.93. The molecule has 0 saturated carbocycles. The van der Waals surface area contributed by atoms with Gasteiger partial charge in [-0.15, -0.1) is 0 Å². The molecular formula is C17H25N5O2. The van der Waals surface area contributed by atoms with E-state index in [4.69, 9.17) is 9.47 Å². The van der Waals surface area contributed by atoms with Crippen molar-refractivity contribution >= 4 is 5.95 Å². The predicted molar refractivity (Wildman–Crippen MR) is 91.4 cm³/mol. The molecule has 1 aliphatic heterocycles. The van der Waals surface area contributed by atoms with Crippen LogP contribution in [0.4, 0.5) is 5.95 Å². The molecule has 1 saturated heterocycles. The highest BCUT2D eigenvalue weighted by Gasteiger charge is 2.23. The number of nitrogens with zero attached hydrogens (tertiary/aromatic N) is 5. The van der Waals surface area contributed by atoms with Gasteiger partial charge in [0.15, 0.2) is 0 Å². The fourth-order valence-corrected chi connectivity index (χ4v) is 3.03. The summed E-state index contributed by atoms with van der Waals surface area (Å²) >= 11 is 0. The summed E-state index contributed by atoms with van der Waals surface area (Å²) in [5, 5.41) is 12.3. The highest BCUT2D eigenvalue weighted by molar-refractivity contribution is 5.30. The van der Waals surface area contributed by atoms with Gasteiger partial charge in [-0.05, 0) is 54.8 Å². The summed E-state index contributed by atoms with van der Waals surface area (Å²) in [7, 11) is 1.68. The smallest absolute Gasteiger partial charge is 0.245 e. The molecule has 3 rings (SSSR count). The molecule has 130 valence electrons. The van der Waals surface area contributed by atoms with Gasteiger partial charge >= 0.3 is 0 Å². The van der Waals surface area contributed by atoms with Crippen LogP contribution in [0.15, 0.2) is 24.3 Å². The van der Waals surface area contributed by atoms with Gasteiger partial charge in [0.1, 0.15) is 5.75 Å². The average molecular weight is 331 g/mol. The summed E-state index contributed by atoms with van der Waals surface area (Å²) < 4.78 is 13.0. The number of aromatic nitrogens is 4. The van der Waals surface area contributed by atoms with Crippen molar-refractivity contribution in [3.8, 4) is 5.75 Å². The van der Waals surface area contributed by atoms with Gasteiger partial charge in [0.25, 0.3) is 0 Å². The third-order valence-corrected chi connectivity index (χ3v) is 4.31. The van der Waals surface area contributed by atoms with Crippen LogP contribution in [0.2, 0.25) is 0 Å². The third-order valence-electron chi connectivity index (χ3n) is 4.31. The molecular weight excluding hydrogens is 306 g/mol. The molecule has 0 spiro atoms. The first-order valence-corrected chi connectivity index (χ1v) is 8.45. The number of aryl methyl sites for hydroxylation is 2. The number of rotatable bonds is 5. The van der Waals surface area contributed by atoms with Crippen molar-refractivity contribution in [2.24, 2.45) is 0 Å². The van der Waals surface area contributed by atoms with Crippen LogP contribution in [-0.2, 0) is 17.7 Å². The van der Waals surface area contributed by atoms with E-state index in [1.807, 2.05) is 16.8 Å². The Morgan fingerprint density at radius 2 is 2.00 bits per heavy atom. The normalized spacial score (nSPS) is 21.5. The van der Waals surface area contributed by atoms with Crippen LogP contribution in [0.1, 0.15) is 25.8 Å². The van der Waals surface area contributed by atoms with Crippen LogP contribution in [0.25, 0.3) is 0 Å². The number of hydrogen-bond donors (Lipinski definition) is 0. The van der Waals surface area contributed by atoms with Gasteiger partial charge in [0.2, 0.25) is 5.95 Å². The number of ether oxygens (including phenoxy) is 2. The Hall–Kier alpha value is -2.15. The Morgan fingerprint density at radius 3 is 2.75 bits per heavy atom. The molecule has 0 amide bonds. The molecule has 2 aromatic rings. The minimum absolute atomic E-state index is 0.175. The number of tetrazole rings is 1. The second kappa shape index (κ2) is 7.61. The molecule has 0 radical (unpaired) electrons. The first-order chi connectivity index (χ1) is 11.7. The molecule has 2 atom stereocenters. The van der Waals surface area contributed by atoms with Crippen LogP contribution >= 0.6 is 0 Å². The first kappa shape index (κ1) is 16.7. The molecule has 0 bridgehead atoms. The second-order valence-corrected chi connectivity index (χ2v) is 6.29. The molecule has 1 aromatic heterocycles. The molecule has 1 fully saturated rings. The molecule has 0 aliphatic carbocycles. The van der Waals surface area contributed by atoms with Gasteiger partial charge in [-0.3, -0.25) is 0 Å². The van der Waals surface area contributed by atoms with Crippen molar-refractivity contribution in [1.29, 1.82) is 0 Å². The van der Waals surface area contributed by atoms with E-state index in [0.717, 1.165) is 44.2 Å². The van der Waals surface area contributed by atoms with Crippen molar-refractivity contribution in [2.45, 2.75) is 45.4 Å². The van der Waals surface area contributed by atoms with Gasteiger partial charge in [-0.25, -0.2) is 4.68 Å². The summed E-state index contributed by atoms with van der Waals surface area (Å²) in [4.78, 5) is 2.22. The molecule has 1 aromatic carbocycles. The zero-order valence-corrected chi connectivity index (χ0v) is 14.6. The second-order valence-electron chi connectivity index (χ2n) is 6.29. The number of hydrogen-bond acceptors (Lipinski definition) is 6. The van der Waals surface area contributed by atoms with Crippen LogP contribution < -0.4 is 9.64 Å². The Bertz CT molecular complexity index is 643. The van der Waals surface area contributed by atoms with E-state index in [1.54, 1.807) is 7.11 Å². The average Bonchev–Trinajstić information content (AvgIpc) is 2.98. The zero-order valence-electron chi connectivity index (χ0n) is 14.6. The monoisotopic (exact) mass is 331 g/mol. The van der Waals surface area contributed by atoms with Gasteiger partial charge in [0.05, 0.1) is 25.9 Å². The Kier molecular flexibility index (Phi) is 5.30. The summed E-state index contributed by atoms with van der Waals surface area (Å²) in [5.74, 6) is 1.70. The van der Waals surface area contributed by atoms with Gasteiger partial charge in [-0.2, -0.15) is 0 Å². The van der Waals surface area contributed by atoms with Gasteiger partial charge < -0.3 is 14.4 Å². The number of methoxy groups -OCH3 is 1. The lowest BCUT2D eigenvalue weighted by Gasteiger charge is -2.22. The van der Waals surface area contributed by atoms with Gasteiger partial charge in [-0.1, -0.05) is 17.2 Å². The fourth-order valence-electron chi connectivity index (χ4n) is 3.03. The first-order valence-electron chi connectivity index (χ1n) is 8.45. The lowest BCUT2D eigenvalue weighted by atomic mass is 10.1. The maximum Gasteiger partial charge on any atom is 0.245 e. The summed E-state index contributed by atoms with van der Waals surface area (Å²) in [6.45, 7) is 6.69. The van der Waals surface area contributed by atoms with E-state index >= 15 is 0 Å². The van der Waals surface area contributed by atoms with Gasteiger partial charge in [0, 0.05) is 13.1 Å². The highest BCUT2D eigenvalue weighted by atomic mass is 16.5. The quantitative estimate of drug-likeness (QED) is 0.834. The lowest BCUT2D eigenvalue weighted by Crippen LogP contribution is -2.32. The topological polar surface area (TPSA) is 65.3 Å². The van der Waals surface area contributed by atoms with E-state index < -0.39 is 0 Å². The fraction of sp³-hybridized carbons (Fsp3) is 0.588. The van der Waals surface area contributed by atoms with Crippen molar-refractivity contribution in [2.75, 3.05) is 25.1 Å². The Balaban J connectivity index is 1.66. The zero-order chi connectivity index (χ0) is 16.9. The SMILES string of the molecule is COc1ccc(CCn2nnnc2N2CC[C@@H](C)O[C@@H](C)C2)cc1. The van der Waals surface area contributed by atoms with Crippen molar-refractivity contribution in [3.63, 3.8) is 0 Å². The van der Waals surface area contributed by atoms with Crippen molar-refractivity contribution in [3.05, 3.63) is 29.8 Å². The van der Waals surface area contributed by atoms with E-state index in [1.165, 1.54) is 5.56 Å². The molecule has 2 heterocycles. The Morgan fingerprint density at radius 1 is 1.21 bits per heavy atom. The minimum atomic E-state index is 0.175. The van der Waals surface area contributed by atoms with Crippen LogP contribution in [0, 0.1) is 0 Å². The summed E-state index contributed by atoms with van der Waals surface area (Å²) in [6.07, 6.45) is 2.30. The number of benzene rings is 1. The molecule has 1 aliphatic rings. The van der Waals surface area contributed by atoms with E-state index in [-0.39, 0.29) is 12.2 Å². The lowest BCUT2D eigenvalue weighted by molar-refractivity contribution is 0.0210. The minimum Gasteiger partial charge on any atom is -0.497 e. The third kappa shape index (κ3) is 4.03. The van der Waals surface area contributed by atoms with Crippen LogP contribution in [0.3, 0.4) is 0 Å². The van der Waals surface area contributed by atoms with E-state index in [0.29, 0.717) is 0 Å². The maximum absolute atomic E-state index is 5.90. The van der Waals surface area contributed by atoms with Crippen molar-refractivity contribution in [1.82, 2.24) is 20.2 Å². The molecule has 0 unspecified atom stereocenters. The maximum atomic E-state index is 5.90. The standard InChI is InChI=1S/C17H25N5O2/c1-13-8-10-21(12-14(2)24-13)17-18-19-20-22(17)11-9-15-4-6-16(23-3)7-5-15/h4-7,13-14H,8-12H2,1-3H3/t13-,14+/m1/s1. The summed E-state index contributed by atoms with van der Waals surface area (Å²) in [5.41, 5.74) is 1.23. The molecule has 7 heteroatoms.